The molecule has 1 aliphatic heterocycles. The summed E-state index contributed by atoms with van der Waals surface area (Å²) in [5.74, 6) is 1.35. The fraction of sp³-hybridized carbons (Fsp3) is 0.550. The van der Waals surface area contributed by atoms with Gasteiger partial charge in [-0.05, 0) is 50.7 Å². The minimum atomic E-state index is 0.0960. The molecule has 0 unspecified atom stereocenters. The first kappa shape index (κ1) is 17.5. The molecule has 1 aliphatic carbocycles. The van der Waals surface area contributed by atoms with E-state index in [2.05, 4.69) is 4.98 Å². The second-order valence-electron chi connectivity index (χ2n) is 7.46. The number of likely N-dealkylation sites (tertiary alicyclic amines) is 1. The number of hydrogen-bond donors (Lipinski definition) is 0. The molecule has 1 amide bonds. The quantitative estimate of drug-likeness (QED) is 0.830. The van der Waals surface area contributed by atoms with Crippen LogP contribution in [-0.2, 0) is 12.8 Å². The SMILES string of the molecule is CN(C)c1ncccc1C(=O)N1CCC(c2nc3c(s2)CCCC3)CC1. The first-order valence-corrected chi connectivity index (χ1v) is 10.3. The van der Waals surface area contributed by atoms with Gasteiger partial charge in [0.1, 0.15) is 5.82 Å². The lowest BCUT2D eigenvalue weighted by Crippen LogP contribution is -2.38. The van der Waals surface area contributed by atoms with Gasteiger partial charge in [0.2, 0.25) is 0 Å². The first-order valence-electron chi connectivity index (χ1n) is 9.53. The predicted octanol–water partition coefficient (Wildman–Crippen LogP) is 3.50. The van der Waals surface area contributed by atoms with Crippen molar-refractivity contribution in [3.63, 3.8) is 0 Å². The summed E-state index contributed by atoms with van der Waals surface area (Å²) >= 11 is 1.92. The summed E-state index contributed by atoms with van der Waals surface area (Å²) in [6.45, 7) is 1.60. The standard InChI is InChI=1S/C20H26N4OS/c1-23(2)18-15(6-5-11-21-18)20(25)24-12-9-14(10-13-24)19-22-16-7-3-4-8-17(16)26-19/h5-6,11,14H,3-4,7-10,12-13H2,1-2H3. The summed E-state index contributed by atoms with van der Waals surface area (Å²) in [6.07, 6.45) is 8.70. The van der Waals surface area contributed by atoms with Gasteiger partial charge in [-0.2, -0.15) is 0 Å². The van der Waals surface area contributed by atoms with E-state index in [1.54, 1.807) is 6.20 Å². The highest BCUT2D eigenvalue weighted by molar-refractivity contribution is 7.11. The van der Waals surface area contributed by atoms with Crippen LogP contribution in [0.25, 0.3) is 0 Å². The summed E-state index contributed by atoms with van der Waals surface area (Å²) in [5.41, 5.74) is 2.04. The van der Waals surface area contributed by atoms with Crippen LogP contribution >= 0.6 is 11.3 Å². The van der Waals surface area contributed by atoms with Crippen LogP contribution in [-0.4, -0.2) is 48.0 Å². The van der Waals surface area contributed by atoms with Gasteiger partial charge in [-0.1, -0.05) is 0 Å². The van der Waals surface area contributed by atoms with Crippen LogP contribution in [0.3, 0.4) is 0 Å². The lowest BCUT2D eigenvalue weighted by Gasteiger charge is -2.31. The van der Waals surface area contributed by atoms with Crippen LogP contribution in [0, 0.1) is 0 Å². The van der Waals surface area contributed by atoms with Crippen LogP contribution < -0.4 is 4.90 Å². The highest BCUT2D eigenvalue weighted by atomic mass is 32.1. The number of pyridine rings is 1. The average Bonchev–Trinajstić information content (AvgIpc) is 3.12. The number of aromatic nitrogens is 2. The molecule has 1 fully saturated rings. The normalized spacial score (nSPS) is 17.8. The van der Waals surface area contributed by atoms with E-state index in [9.17, 15) is 4.79 Å². The molecular formula is C20H26N4OS. The molecule has 1 saturated heterocycles. The molecule has 3 heterocycles. The number of carbonyl (C=O) groups excluding carboxylic acids is 1. The van der Waals surface area contributed by atoms with E-state index in [-0.39, 0.29) is 5.91 Å². The summed E-state index contributed by atoms with van der Waals surface area (Å²) in [5, 5.41) is 1.30. The number of thiazole rings is 1. The van der Waals surface area contributed by atoms with Gasteiger partial charge in [0, 0.05) is 44.2 Å². The number of aryl methyl sites for hydroxylation is 2. The molecule has 5 nitrogen and oxygen atoms in total. The number of amides is 1. The monoisotopic (exact) mass is 370 g/mol. The summed E-state index contributed by atoms with van der Waals surface area (Å²) in [4.78, 5) is 27.7. The van der Waals surface area contributed by atoms with Gasteiger partial charge >= 0.3 is 0 Å². The largest absolute Gasteiger partial charge is 0.362 e. The van der Waals surface area contributed by atoms with Gasteiger partial charge in [-0.3, -0.25) is 4.79 Å². The summed E-state index contributed by atoms with van der Waals surface area (Å²) in [7, 11) is 3.85. The van der Waals surface area contributed by atoms with Crippen molar-refractivity contribution in [1.82, 2.24) is 14.9 Å². The molecule has 4 rings (SSSR count). The number of piperidine rings is 1. The van der Waals surface area contributed by atoms with Crippen molar-refractivity contribution in [2.75, 3.05) is 32.1 Å². The van der Waals surface area contributed by atoms with E-state index in [1.165, 1.54) is 34.8 Å². The minimum absolute atomic E-state index is 0.0960. The van der Waals surface area contributed by atoms with Gasteiger partial charge in [-0.15, -0.1) is 11.3 Å². The van der Waals surface area contributed by atoms with E-state index in [0.29, 0.717) is 11.5 Å². The van der Waals surface area contributed by atoms with Crippen LogP contribution in [0.5, 0.6) is 0 Å². The second kappa shape index (κ2) is 7.35. The Kier molecular flexibility index (Phi) is 4.94. The number of fused-ring (bicyclic) bond motifs is 1. The third-order valence-corrected chi connectivity index (χ3v) is 6.75. The van der Waals surface area contributed by atoms with Crippen LogP contribution in [0.15, 0.2) is 18.3 Å². The van der Waals surface area contributed by atoms with Crippen molar-refractivity contribution in [1.29, 1.82) is 0 Å². The zero-order valence-corrected chi connectivity index (χ0v) is 16.4. The topological polar surface area (TPSA) is 49.3 Å². The molecule has 138 valence electrons. The maximum atomic E-state index is 13.0. The van der Waals surface area contributed by atoms with Crippen LogP contribution in [0.1, 0.15) is 57.5 Å². The highest BCUT2D eigenvalue weighted by Crippen LogP contribution is 2.35. The average molecular weight is 371 g/mol. The Hall–Kier alpha value is -1.95. The number of hydrogen-bond acceptors (Lipinski definition) is 5. The number of nitrogens with zero attached hydrogens (tertiary/aromatic N) is 4. The smallest absolute Gasteiger partial charge is 0.257 e. The Labute approximate surface area is 159 Å². The van der Waals surface area contributed by atoms with Crippen molar-refractivity contribution in [2.24, 2.45) is 0 Å². The molecule has 0 aromatic carbocycles. The van der Waals surface area contributed by atoms with Crippen molar-refractivity contribution in [2.45, 2.75) is 44.4 Å². The fourth-order valence-electron chi connectivity index (χ4n) is 3.97. The molecule has 2 aromatic heterocycles. The Bertz CT molecular complexity index is 769. The Morgan fingerprint density at radius 3 is 2.73 bits per heavy atom. The van der Waals surface area contributed by atoms with E-state index in [4.69, 9.17) is 4.98 Å². The molecular weight excluding hydrogens is 344 g/mol. The molecule has 0 N–H and O–H groups in total. The van der Waals surface area contributed by atoms with Gasteiger partial charge in [0.15, 0.2) is 0 Å². The molecule has 0 bridgehead atoms. The molecule has 0 spiro atoms. The van der Waals surface area contributed by atoms with Crippen LogP contribution in [0.4, 0.5) is 5.82 Å². The second-order valence-corrected chi connectivity index (χ2v) is 8.58. The molecule has 6 heteroatoms. The number of rotatable bonds is 3. The zero-order chi connectivity index (χ0) is 18.1. The van der Waals surface area contributed by atoms with Crippen molar-refractivity contribution >= 4 is 23.1 Å². The Balaban J connectivity index is 1.44. The van der Waals surface area contributed by atoms with Gasteiger partial charge < -0.3 is 9.80 Å². The Morgan fingerprint density at radius 2 is 2.00 bits per heavy atom. The zero-order valence-electron chi connectivity index (χ0n) is 15.6. The molecule has 2 aliphatic rings. The van der Waals surface area contributed by atoms with Gasteiger partial charge in [0.05, 0.1) is 16.3 Å². The van der Waals surface area contributed by atoms with E-state index < -0.39 is 0 Å². The number of carbonyl (C=O) groups is 1. The van der Waals surface area contributed by atoms with E-state index in [0.717, 1.165) is 38.2 Å². The Morgan fingerprint density at radius 1 is 1.23 bits per heavy atom. The van der Waals surface area contributed by atoms with Crippen LogP contribution in [0.2, 0.25) is 0 Å². The van der Waals surface area contributed by atoms with Crippen molar-refractivity contribution in [3.8, 4) is 0 Å². The van der Waals surface area contributed by atoms with Crippen molar-refractivity contribution < 1.29 is 4.79 Å². The molecule has 0 saturated carbocycles. The summed E-state index contributed by atoms with van der Waals surface area (Å²) < 4.78 is 0. The molecule has 26 heavy (non-hydrogen) atoms. The lowest BCUT2D eigenvalue weighted by atomic mass is 9.96. The predicted molar refractivity (Wildman–Crippen MR) is 105 cm³/mol. The lowest BCUT2D eigenvalue weighted by molar-refractivity contribution is 0.0713. The van der Waals surface area contributed by atoms with Gasteiger partial charge in [0.25, 0.3) is 5.91 Å². The van der Waals surface area contributed by atoms with Crippen molar-refractivity contribution in [3.05, 3.63) is 39.5 Å². The van der Waals surface area contributed by atoms with Gasteiger partial charge in [-0.25, -0.2) is 9.97 Å². The van der Waals surface area contributed by atoms with E-state index >= 15 is 0 Å². The molecule has 0 atom stereocenters. The minimum Gasteiger partial charge on any atom is -0.362 e. The first-order chi connectivity index (χ1) is 12.6. The third kappa shape index (κ3) is 3.34. The fourth-order valence-corrected chi connectivity index (χ4v) is 5.29. The van der Waals surface area contributed by atoms with E-state index in [1.807, 2.05) is 47.4 Å². The summed E-state index contributed by atoms with van der Waals surface area (Å²) in [6, 6.07) is 3.72. The molecule has 2 aromatic rings. The maximum absolute atomic E-state index is 13.0. The molecule has 0 radical (unpaired) electrons. The maximum Gasteiger partial charge on any atom is 0.257 e. The third-order valence-electron chi connectivity index (χ3n) is 5.43. The highest BCUT2D eigenvalue weighted by Gasteiger charge is 2.29. The number of anilines is 1.